The van der Waals surface area contributed by atoms with Gasteiger partial charge in [0.15, 0.2) is 17.0 Å². The monoisotopic (exact) mass is 327 g/mol. The summed E-state index contributed by atoms with van der Waals surface area (Å²) in [5, 5.41) is 10.0. The molecule has 0 amide bonds. The normalized spacial score (nSPS) is 10.9. The Morgan fingerprint density at radius 1 is 1.25 bits per heavy atom. The number of hydrogen-bond donors (Lipinski definition) is 2. The Balaban J connectivity index is 1.83. The SMILES string of the molecule is COC(=O)c1ccc(CCn2c(O)nc3c(N)nc(C)nc32)cc1. The predicted molar refractivity (Wildman–Crippen MR) is 87.6 cm³/mol. The average Bonchev–Trinajstić information content (AvgIpc) is 2.88. The number of carbonyl (C=O) groups is 1. The lowest BCUT2D eigenvalue weighted by Gasteiger charge is -2.06. The molecule has 0 bridgehead atoms. The van der Waals surface area contributed by atoms with Gasteiger partial charge in [0.25, 0.3) is 6.01 Å². The summed E-state index contributed by atoms with van der Waals surface area (Å²) in [7, 11) is 1.35. The van der Waals surface area contributed by atoms with Crippen LogP contribution in [-0.2, 0) is 17.7 Å². The van der Waals surface area contributed by atoms with E-state index < -0.39 is 0 Å². The van der Waals surface area contributed by atoms with Crippen molar-refractivity contribution in [1.82, 2.24) is 19.5 Å². The minimum Gasteiger partial charge on any atom is -0.480 e. The number of aromatic nitrogens is 4. The third-order valence-electron chi connectivity index (χ3n) is 3.71. The van der Waals surface area contributed by atoms with Crippen LogP contribution in [0.2, 0.25) is 0 Å². The molecule has 0 saturated carbocycles. The topological polar surface area (TPSA) is 116 Å². The molecule has 0 unspecified atom stereocenters. The highest BCUT2D eigenvalue weighted by Gasteiger charge is 2.15. The van der Waals surface area contributed by atoms with E-state index in [9.17, 15) is 9.90 Å². The lowest BCUT2D eigenvalue weighted by molar-refractivity contribution is 0.0600. The van der Waals surface area contributed by atoms with Crippen molar-refractivity contribution in [3.63, 3.8) is 0 Å². The highest BCUT2D eigenvalue weighted by Crippen LogP contribution is 2.23. The first-order valence-electron chi connectivity index (χ1n) is 7.36. The molecule has 0 saturated heterocycles. The summed E-state index contributed by atoms with van der Waals surface area (Å²) in [6.45, 7) is 2.20. The highest BCUT2D eigenvalue weighted by atomic mass is 16.5. The summed E-state index contributed by atoms with van der Waals surface area (Å²) in [6, 6.07) is 6.95. The first kappa shape index (κ1) is 15.7. The molecule has 2 aromatic heterocycles. The molecule has 124 valence electrons. The summed E-state index contributed by atoms with van der Waals surface area (Å²) in [5.74, 6) is 0.389. The Labute approximate surface area is 137 Å². The van der Waals surface area contributed by atoms with Gasteiger partial charge in [-0.1, -0.05) is 12.1 Å². The maximum absolute atomic E-state index is 11.4. The number of benzene rings is 1. The van der Waals surface area contributed by atoms with E-state index >= 15 is 0 Å². The number of nitrogens with zero attached hydrogens (tertiary/aromatic N) is 4. The Hall–Kier alpha value is -3.16. The molecule has 3 N–H and O–H groups in total. The van der Waals surface area contributed by atoms with Gasteiger partial charge in [0.2, 0.25) is 0 Å². The van der Waals surface area contributed by atoms with E-state index in [0.717, 1.165) is 5.56 Å². The zero-order valence-electron chi connectivity index (χ0n) is 13.4. The number of esters is 1. The van der Waals surface area contributed by atoms with E-state index in [0.29, 0.717) is 35.5 Å². The number of imidazole rings is 1. The van der Waals surface area contributed by atoms with E-state index in [1.54, 1.807) is 23.6 Å². The van der Waals surface area contributed by atoms with Crippen LogP contribution in [0.1, 0.15) is 21.7 Å². The number of aromatic hydroxyl groups is 1. The van der Waals surface area contributed by atoms with Crippen LogP contribution < -0.4 is 5.73 Å². The minimum atomic E-state index is -0.373. The summed E-state index contributed by atoms with van der Waals surface area (Å²) >= 11 is 0. The van der Waals surface area contributed by atoms with Crippen LogP contribution in [0.4, 0.5) is 5.82 Å². The Kier molecular flexibility index (Phi) is 4.03. The average molecular weight is 327 g/mol. The van der Waals surface area contributed by atoms with Crippen molar-refractivity contribution in [2.24, 2.45) is 0 Å². The first-order valence-corrected chi connectivity index (χ1v) is 7.36. The molecule has 8 heteroatoms. The van der Waals surface area contributed by atoms with Gasteiger partial charge in [-0.15, -0.1) is 0 Å². The molecule has 0 fully saturated rings. The maximum atomic E-state index is 11.4. The first-order chi connectivity index (χ1) is 11.5. The third kappa shape index (κ3) is 2.85. The second kappa shape index (κ2) is 6.15. The fourth-order valence-electron chi connectivity index (χ4n) is 2.50. The van der Waals surface area contributed by atoms with Crippen LogP contribution in [0.5, 0.6) is 6.01 Å². The van der Waals surface area contributed by atoms with Crippen LogP contribution in [0.3, 0.4) is 0 Å². The quantitative estimate of drug-likeness (QED) is 0.697. The zero-order valence-corrected chi connectivity index (χ0v) is 13.4. The summed E-state index contributed by atoms with van der Waals surface area (Å²) < 4.78 is 6.26. The van der Waals surface area contributed by atoms with Crippen LogP contribution in [-0.4, -0.2) is 37.7 Å². The van der Waals surface area contributed by atoms with Crippen molar-refractivity contribution >= 4 is 23.0 Å². The molecule has 0 aliphatic heterocycles. The predicted octanol–water partition coefficient (Wildman–Crippen LogP) is 1.45. The van der Waals surface area contributed by atoms with Gasteiger partial charge in [0, 0.05) is 6.54 Å². The molecule has 1 aromatic carbocycles. The van der Waals surface area contributed by atoms with Gasteiger partial charge < -0.3 is 15.6 Å². The number of methoxy groups -OCH3 is 1. The molecule has 0 aliphatic rings. The number of aryl methyl sites for hydroxylation is 3. The second-order valence-corrected chi connectivity index (χ2v) is 5.33. The molecule has 0 spiro atoms. The molecular weight excluding hydrogens is 310 g/mol. The van der Waals surface area contributed by atoms with Gasteiger partial charge >= 0.3 is 5.97 Å². The Morgan fingerprint density at radius 3 is 2.62 bits per heavy atom. The van der Waals surface area contributed by atoms with E-state index in [2.05, 4.69) is 19.7 Å². The van der Waals surface area contributed by atoms with Gasteiger partial charge in [-0.2, -0.15) is 4.98 Å². The van der Waals surface area contributed by atoms with E-state index in [1.165, 1.54) is 7.11 Å². The molecule has 0 atom stereocenters. The van der Waals surface area contributed by atoms with Crippen LogP contribution in [0, 0.1) is 6.92 Å². The Bertz CT molecular complexity index is 902. The maximum Gasteiger partial charge on any atom is 0.337 e. The smallest absolute Gasteiger partial charge is 0.337 e. The molecule has 3 rings (SSSR count). The number of anilines is 1. The lowest BCUT2D eigenvalue weighted by Crippen LogP contribution is -2.05. The minimum absolute atomic E-state index is 0.150. The Morgan fingerprint density at radius 2 is 1.96 bits per heavy atom. The fourth-order valence-corrected chi connectivity index (χ4v) is 2.50. The number of carbonyl (C=O) groups excluding carboxylic acids is 1. The van der Waals surface area contributed by atoms with Crippen molar-refractivity contribution in [3.05, 3.63) is 41.2 Å². The van der Waals surface area contributed by atoms with Crippen molar-refractivity contribution in [2.75, 3.05) is 12.8 Å². The summed E-state index contributed by atoms with van der Waals surface area (Å²) in [6.07, 6.45) is 0.628. The van der Waals surface area contributed by atoms with E-state index in [-0.39, 0.29) is 17.8 Å². The van der Waals surface area contributed by atoms with Crippen molar-refractivity contribution < 1.29 is 14.6 Å². The fraction of sp³-hybridized carbons (Fsp3) is 0.250. The van der Waals surface area contributed by atoms with Gasteiger partial charge in [-0.25, -0.2) is 14.8 Å². The molecule has 8 nitrogen and oxygen atoms in total. The largest absolute Gasteiger partial charge is 0.480 e. The number of ether oxygens (including phenoxy) is 1. The number of hydrogen-bond acceptors (Lipinski definition) is 7. The van der Waals surface area contributed by atoms with Crippen molar-refractivity contribution in [1.29, 1.82) is 0 Å². The molecular formula is C16H17N5O3. The van der Waals surface area contributed by atoms with Crippen LogP contribution >= 0.6 is 0 Å². The van der Waals surface area contributed by atoms with Crippen LogP contribution in [0.15, 0.2) is 24.3 Å². The summed E-state index contributed by atoms with van der Waals surface area (Å²) in [4.78, 5) is 23.8. The van der Waals surface area contributed by atoms with Gasteiger partial charge in [0.05, 0.1) is 12.7 Å². The second-order valence-electron chi connectivity index (χ2n) is 5.33. The van der Waals surface area contributed by atoms with Crippen molar-refractivity contribution in [2.45, 2.75) is 19.9 Å². The number of nitrogens with two attached hydrogens (primary N) is 1. The molecule has 24 heavy (non-hydrogen) atoms. The third-order valence-corrected chi connectivity index (χ3v) is 3.71. The number of fused-ring (bicyclic) bond motifs is 1. The lowest BCUT2D eigenvalue weighted by atomic mass is 10.1. The zero-order chi connectivity index (χ0) is 17.3. The van der Waals surface area contributed by atoms with Crippen LogP contribution in [0.25, 0.3) is 11.2 Å². The summed E-state index contributed by atoms with van der Waals surface area (Å²) in [5.41, 5.74) is 8.21. The van der Waals surface area contributed by atoms with Gasteiger partial charge in [0.1, 0.15) is 5.82 Å². The number of rotatable bonds is 4. The molecule has 3 aromatic rings. The molecule has 0 radical (unpaired) electrons. The highest BCUT2D eigenvalue weighted by molar-refractivity contribution is 5.89. The van der Waals surface area contributed by atoms with E-state index in [4.69, 9.17) is 5.73 Å². The number of nitrogen functional groups attached to an aromatic ring is 1. The van der Waals surface area contributed by atoms with E-state index in [1.807, 2.05) is 12.1 Å². The molecule has 0 aliphatic carbocycles. The van der Waals surface area contributed by atoms with Gasteiger partial charge in [-0.3, -0.25) is 4.57 Å². The van der Waals surface area contributed by atoms with Gasteiger partial charge in [-0.05, 0) is 31.0 Å². The standard InChI is InChI=1S/C16H17N5O3/c1-9-18-13(17)12-14(19-9)21(16(23)20-12)8-7-10-3-5-11(6-4-10)15(22)24-2/h3-6H,7-8H2,1-2H3,(H,20,23)(H2,17,18,19). The van der Waals surface area contributed by atoms with Crippen molar-refractivity contribution in [3.8, 4) is 6.01 Å². The molecule has 2 heterocycles.